The van der Waals surface area contributed by atoms with Crippen LogP contribution in [0.5, 0.6) is 0 Å². The number of benzene rings is 1. The molecule has 1 aromatic rings. The Kier molecular flexibility index (Phi) is 7.65. The van der Waals surface area contributed by atoms with Crippen LogP contribution < -0.4 is 0 Å². The minimum atomic E-state index is -3.22. The summed E-state index contributed by atoms with van der Waals surface area (Å²) in [6, 6.07) is 8.88. The minimum Gasteiger partial charge on any atom is -0.393 e. The molecule has 3 fully saturated rings. The Balaban J connectivity index is 1.44. The van der Waals surface area contributed by atoms with Crippen molar-refractivity contribution >= 4 is 9.84 Å². The topological polar surface area (TPSA) is 54.4 Å². The van der Waals surface area contributed by atoms with Gasteiger partial charge in [0.05, 0.1) is 16.8 Å². The molecule has 0 aliphatic heterocycles. The Bertz CT molecular complexity index is 1000. The third kappa shape index (κ3) is 5.54. The second-order valence-electron chi connectivity index (χ2n) is 10.8. The van der Waals surface area contributed by atoms with Gasteiger partial charge in [0.1, 0.15) is 0 Å². The van der Waals surface area contributed by atoms with Crippen molar-refractivity contribution in [2.24, 2.45) is 29.6 Å². The third-order valence-corrected chi connectivity index (χ3v) is 10.4. The number of fused-ring (bicyclic) bond motifs is 1. The molecule has 3 aliphatic rings. The van der Waals surface area contributed by atoms with Crippen LogP contribution in [0.15, 0.2) is 70.7 Å². The van der Waals surface area contributed by atoms with E-state index in [1.165, 1.54) is 30.4 Å². The lowest BCUT2D eigenvalue weighted by atomic mass is 9.66. The van der Waals surface area contributed by atoms with Crippen LogP contribution in [0, 0.1) is 29.6 Å². The highest BCUT2D eigenvalue weighted by molar-refractivity contribution is 7.91. The van der Waals surface area contributed by atoms with Gasteiger partial charge < -0.3 is 5.11 Å². The zero-order valence-corrected chi connectivity index (χ0v) is 21.1. The molecule has 0 spiro atoms. The molecule has 4 heteroatoms. The lowest BCUT2D eigenvalue weighted by molar-refractivity contribution is 0.154. The summed E-state index contributed by atoms with van der Waals surface area (Å²) in [4.78, 5) is 0.445. The predicted octanol–water partition coefficient (Wildman–Crippen LogP) is 6.51. The van der Waals surface area contributed by atoms with E-state index < -0.39 is 9.84 Å². The van der Waals surface area contributed by atoms with Crippen LogP contribution in [0.25, 0.3) is 0 Å². The van der Waals surface area contributed by atoms with Crippen LogP contribution in [-0.2, 0) is 9.84 Å². The van der Waals surface area contributed by atoms with E-state index >= 15 is 0 Å². The Morgan fingerprint density at radius 2 is 1.85 bits per heavy atom. The van der Waals surface area contributed by atoms with Gasteiger partial charge in [-0.1, -0.05) is 61.9 Å². The van der Waals surface area contributed by atoms with E-state index in [1.807, 2.05) is 6.07 Å². The van der Waals surface area contributed by atoms with Gasteiger partial charge in [0.25, 0.3) is 0 Å². The Hall–Kier alpha value is -1.65. The molecular formula is C29H40O3S. The van der Waals surface area contributed by atoms with Gasteiger partial charge in [-0.3, -0.25) is 0 Å². The Labute approximate surface area is 200 Å². The molecule has 33 heavy (non-hydrogen) atoms. The molecule has 1 aromatic carbocycles. The molecule has 0 saturated heterocycles. The molecule has 0 bridgehead atoms. The van der Waals surface area contributed by atoms with Crippen molar-refractivity contribution in [1.29, 1.82) is 0 Å². The SMILES string of the molecule is C=C1CCC(O)CC1=CC=C1CCC(C)C2C1CCC2C(C)CCS(=O)(=O)c1ccccc1. The largest absolute Gasteiger partial charge is 0.393 e. The molecule has 0 radical (unpaired) electrons. The summed E-state index contributed by atoms with van der Waals surface area (Å²) in [5.74, 6) is 3.20. The fourth-order valence-corrected chi connectivity index (χ4v) is 8.14. The molecule has 0 heterocycles. The van der Waals surface area contributed by atoms with Gasteiger partial charge >= 0.3 is 0 Å². The van der Waals surface area contributed by atoms with Crippen LogP contribution in [-0.4, -0.2) is 25.4 Å². The van der Waals surface area contributed by atoms with E-state index in [0.29, 0.717) is 34.5 Å². The van der Waals surface area contributed by atoms with E-state index in [1.54, 1.807) is 29.8 Å². The number of aliphatic hydroxyl groups excluding tert-OH is 1. The molecular weight excluding hydrogens is 428 g/mol. The number of allylic oxidation sites excluding steroid dienone is 4. The van der Waals surface area contributed by atoms with E-state index in [4.69, 9.17) is 0 Å². The van der Waals surface area contributed by atoms with Crippen LogP contribution in [0.3, 0.4) is 0 Å². The first-order valence-corrected chi connectivity index (χ1v) is 14.4. The normalized spacial score (nSPS) is 33.9. The standard InChI is InChI=1S/C29H40O3S/c1-20-10-14-25(30)19-24(20)13-12-23-11-9-22(3)29-27(15-16-28(23)29)21(2)17-18-33(31,32)26-7-5-4-6-8-26/h4-8,12-13,21-22,25,27-30H,1,9-11,14-19H2,2-3H3. The lowest BCUT2D eigenvalue weighted by Gasteiger charge is -2.39. The molecule has 0 amide bonds. The molecule has 3 nitrogen and oxygen atoms in total. The number of hydrogen-bond acceptors (Lipinski definition) is 3. The molecule has 6 unspecified atom stereocenters. The number of hydrogen-bond donors (Lipinski definition) is 1. The van der Waals surface area contributed by atoms with Crippen molar-refractivity contribution < 1.29 is 13.5 Å². The van der Waals surface area contributed by atoms with Crippen LogP contribution in [0.4, 0.5) is 0 Å². The van der Waals surface area contributed by atoms with Gasteiger partial charge in [-0.15, -0.1) is 0 Å². The summed E-state index contributed by atoms with van der Waals surface area (Å²) >= 11 is 0. The maximum atomic E-state index is 12.8. The molecule has 3 saturated carbocycles. The van der Waals surface area contributed by atoms with E-state index in [2.05, 4.69) is 32.6 Å². The molecule has 1 N–H and O–H groups in total. The van der Waals surface area contributed by atoms with E-state index in [0.717, 1.165) is 32.1 Å². The predicted molar refractivity (Wildman–Crippen MR) is 136 cm³/mol. The van der Waals surface area contributed by atoms with Crippen molar-refractivity contribution in [2.75, 3.05) is 5.75 Å². The molecule has 3 aliphatic carbocycles. The molecule has 0 aromatic heterocycles. The van der Waals surface area contributed by atoms with Gasteiger partial charge in [-0.2, -0.15) is 0 Å². The smallest absolute Gasteiger partial charge is 0.178 e. The zero-order valence-electron chi connectivity index (χ0n) is 20.2. The summed E-state index contributed by atoms with van der Waals surface area (Å²) in [6.07, 6.45) is 12.3. The third-order valence-electron chi connectivity index (χ3n) is 8.65. The minimum absolute atomic E-state index is 0.233. The van der Waals surface area contributed by atoms with Gasteiger partial charge in [-0.25, -0.2) is 8.42 Å². The highest BCUT2D eigenvalue weighted by Crippen LogP contribution is 2.53. The quantitative estimate of drug-likeness (QED) is 0.517. The molecule has 4 rings (SSSR count). The second-order valence-corrected chi connectivity index (χ2v) is 12.9. The van der Waals surface area contributed by atoms with E-state index in [9.17, 15) is 13.5 Å². The fourth-order valence-electron chi connectivity index (χ4n) is 6.65. The maximum Gasteiger partial charge on any atom is 0.178 e. The highest BCUT2D eigenvalue weighted by Gasteiger charge is 2.45. The summed E-state index contributed by atoms with van der Waals surface area (Å²) < 4.78 is 25.6. The van der Waals surface area contributed by atoms with Crippen molar-refractivity contribution in [3.05, 3.63) is 65.8 Å². The average molecular weight is 469 g/mol. The van der Waals surface area contributed by atoms with Gasteiger partial charge in [0, 0.05) is 0 Å². The number of rotatable bonds is 6. The first-order valence-electron chi connectivity index (χ1n) is 12.8. The fraction of sp³-hybridized carbons (Fsp3) is 0.586. The number of sulfone groups is 1. The van der Waals surface area contributed by atoms with Crippen LogP contribution in [0.2, 0.25) is 0 Å². The van der Waals surface area contributed by atoms with Crippen molar-refractivity contribution in [2.45, 2.75) is 76.2 Å². The van der Waals surface area contributed by atoms with Gasteiger partial charge in [-0.05, 0) is 98.7 Å². The van der Waals surface area contributed by atoms with E-state index in [-0.39, 0.29) is 11.9 Å². The van der Waals surface area contributed by atoms with Crippen LogP contribution >= 0.6 is 0 Å². The summed E-state index contributed by atoms with van der Waals surface area (Å²) in [6.45, 7) is 8.88. The lowest BCUT2D eigenvalue weighted by Crippen LogP contribution is -2.31. The summed E-state index contributed by atoms with van der Waals surface area (Å²) in [7, 11) is -3.22. The Morgan fingerprint density at radius 1 is 1.09 bits per heavy atom. The van der Waals surface area contributed by atoms with Crippen molar-refractivity contribution in [3.8, 4) is 0 Å². The van der Waals surface area contributed by atoms with Gasteiger partial charge in [0.15, 0.2) is 9.84 Å². The molecule has 6 atom stereocenters. The maximum absolute atomic E-state index is 12.8. The Morgan fingerprint density at radius 3 is 2.61 bits per heavy atom. The second kappa shape index (κ2) is 10.3. The average Bonchev–Trinajstić information content (AvgIpc) is 3.26. The van der Waals surface area contributed by atoms with Crippen molar-refractivity contribution in [1.82, 2.24) is 0 Å². The molecule has 180 valence electrons. The first kappa shape index (κ1) is 24.5. The monoisotopic (exact) mass is 468 g/mol. The summed E-state index contributed by atoms with van der Waals surface area (Å²) in [5, 5.41) is 10.1. The van der Waals surface area contributed by atoms with Crippen molar-refractivity contribution in [3.63, 3.8) is 0 Å². The number of aliphatic hydroxyl groups is 1. The summed E-state index contributed by atoms with van der Waals surface area (Å²) in [5.41, 5.74) is 3.95. The highest BCUT2D eigenvalue weighted by atomic mass is 32.2. The van der Waals surface area contributed by atoms with Gasteiger partial charge in [0.2, 0.25) is 0 Å². The van der Waals surface area contributed by atoms with Crippen LogP contribution in [0.1, 0.15) is 65.2 Å². The zero-order chi connectivity index (χ0) is 23.6. The first-order chi connectivity index (χ1) is 15.8.